The Morgan fingerprint density at radius 2 is 2.00 bits per heavy atom. The second-order valence-corrected chi connectivity index (χ2v) is 4.44. The van der Waals surface area contributed by atoms with Gasteiger partial charge in [0.15, 0.2) is 0 Å². The maximum absolute atomic E-state index is 13.4. The lowest BCUT2D eigenvalue weighted by Crippen LogP contribution is -2.04. The van der Waals surface area contributed by atoms with Crippen LogP contribution in [0.25, 0.3) is 10.9 Å². The molecule has 0 fully saturated rings. The van der Waals surface area contributed by atoms with Crippen molar-refractivity contribution in [3.8, 4) is 0 Å². The van der Waals surface area contributed by atoms with E-state index < -0.39 is 12.2 Å². The number of hydrogen-bond donors (Lipinski definition) is 1. The maximum Gasteiger partial charge on any atom is 0.280 e. The van der Waals surface area contributed by atoms with Gasteiger partial charge in [-0.25, -0.2) is 18.2 Å². The molecule has 0 aliphatic heterocycles. The van der Waals surface area contributed by atoms with E-state index in [9.17, 15) is 13.2 Å². The summed E-state index contributed by atoms with van der Waals surface area (Å²) < 4.78 is 39.0. The quantitative estimate of drug-likeness (QED) is 0.886. The predicted octanol–water partition coefficient (Wildman–Crippen LogP) is 4.44. The Morgan fingerprint density at radius 1 is 1.26 bits per heavy atom. The first-order valence-corrected chi connectivity index (χ1v) is 6.15. The molecule has 0 amide bonds. The van der Waals surface area contributed by atoms with Crippen molar-refractivity contribution in [1.29, 1.82) is 0 Å². The van der Waals surface area contributed by atoms with Gasteiger partial charge in [-0.05, 0) is 31.0 Å². The highest BCUT2D eigenvalue weighted by atomic mass is 19.3. The van der Waals surface area contributed by atoms with E-state index in [0.717, 1.165) is 6.42 Å². The number of rotatable bonds is 4. The minimum atomic E-state index is -2.67. The molecule has 0 saturated heterocycles. The van der Waals surface area contributed by atoms with Crippen molar-refractivity contribution in [2.24, 2.45) is 0 Å². The van der Waals surface area contributed by atoms with Gasteiger partial charge in [0.1, 0.15) is 11.5 Å². The third-order valence-corrected chi connectivity index (χ3v) is 2.88. The van der Waals surface area contributed by atoms with Crippen molar-refractivity contribution in [2.75, 3.05) is 11.9 Å². The van der Waals surface area contributed by atoms with E-state index in [4.69, 9.17) is 0 Å². The molecular weight excluding hydrogens is 253 g/mol. The van der Waals surface area contributed by atoms with Crippen LogP contribution in [-0.2, 0) is 0 Å². The molecule has 5 heteroatoms. The fraction of sp³-hybridized carbons (Fsp3) is 0.357. The second-order valence-electron chi connectivity index (χ2n) is 4.44. The number of fused-ring (bicyclic) bond motifs is 1. The molecule has 0 aliphatic carbocycles. The van der Waals surface area contributed by atoms with Gasteiger partial charge >= 0.3 is 0 Å². The van der Waals surface area contributed by atoms with Gasteiger partial charge in [0, 0.05) is 23.7 Å². The monoisotopic (exact) mass is 268 g/mol. The van der Waals surface area contributed by atoms with Crippen LogP contribution in [0.5, 0.6) is 0 Å². The largest absolute Gasteiger partial charge is 0.384 e. The van der Waals surface area contributed by atoms with Crippen LogP contribution in [0, 0.1) is 12.7 Å². The molecule has 2 nitrogen and oxygen atoms in total. The molecule has 102 valence electrons. The Morgan fingerprint density at radius 3 is 2.63 bits per heavy atom. The minimum absolute atomic E-state index is 0.258. The van der Waals surface area contributed by atoms with Gasteiger partial charge < -0.3 is 5.32 Å². The Kier molecular flexibility index (Phi) is 3.93. The SMILES string of the molecule is CCCNc1cc(C(F)F)nc2cc(F)cc(C)c12. The zero-order valence-corrected chi connectivity index (χ0v) is 10.8. The molecule has 1 N–H and O–H groups in total. The summed E-state index contributed by atoms with van der Waals surface area (Å²) in [6, 6.07) is 3.90. The number of benzene rings is 1. The molecule has 0 bridgehead atoms. The zero-order valence-electron chi connectivity index (χ0n) is 10.8. The van der Waals surface area contributed by atoms with E-state index in [1.165, 1.54) is 18.2 Å². The van der Waals surface area contributed by atoms with Crippen LogP contribution in [0.3, 0.4) is 0 Å². The molecule has 0 radical (unpaired) electrons. The molecule has 0 aliphatic rings. The summed E-state index contributed by atoms with van der Waals surface area (Å²) in [5, 5.41) is 3.79. The van der Waals surface area contributed by atoms with Gasteiger partial charge in [-0.1, -0.05) is 6.92 Å². The van der Waals surface area contributed by atoms with Crippen molar-refractivity contribution in [2.45, 2.75) is 26.7 Å². The Bertz CT molecular complexity index is 597. The molecule has 0 saturated carbocycles. The van der Waals surface area contributed by atoms with Crippen molar-refractivity contribution < 1.29 is 13.2 Å². The fourth-order valence-corrected chi connectivity index (χ4v) is 2.07. The number of nitrogens with zero attached hydrogens (tertiary/aromatic N) is 1. The standard InChI is InChI=1S/C14H15F3N2/c1-3-4-18-10-7-12(14(16)17)19-11-6-9(15)5-8(2)13(10)11/h5-7,14H,3-4H2,1-2H3,(H,18,19). The summed E-state index contributed by atoms with van der Waals surface area (Å²) in [6.07, 6.45) is -1.80. The number of pyridine rings is 1. The second kappa shape index (κ2) is 5.47. The van der Waals surface area contributed by atoms with Crippen LogP contribution in [0.4, 0.5) is 18.9 Å². The summed E-state index contributed by atoms with van der Waals surface area (Å²) in [5.41, 5.74) is 1.19. The first-order valence-electron chi connectivity index (χ1n) is 6.15. The van der Waals surface area contributed by atoms with Gasteiger partial charge in [0.05, 0.1) is 5.52 Å². The highest BCUT2D eigenvalue weighted by Gasteiger charge is 2.15. The van der Waals surface area contributed by atoms with Crippen LogP contribution in [0.1, 0.15) is 31.0 Å². The van der Waals surface area contributed by atoms with Crippen LogP contribution < -0.4 is 5.32 Å². The molecular formula is C14H15F3N2. The molecule has 1 heterocycles. The maximum atomic E-state index is 13.4. The van der Waals surface area contributed by atoms with E-state index in [1.54, 1.807) is 6.92 Å². The van der Waals surface area contributed by atoms with Crippen LogP contribution >= 0.6 is 0 Å². The summed E-state index contributed by atoms with van der Waals surface area (Å²) in [6.45, 7) is 4.39. The first kappa shape index (κ1) is 13.6. The molecule has 0 unspecified atom stereocenters. The van der Waals surface area contributed by atoms with Crippen LogP contribution in [0.2, 0.25) is 0 Å². The van der Waals surface area contributed by atoms with Gasteiger partial charge in [-0.15, -0.1) is 0 Å². The molecule has 1 aromatic heterocycles. The van der Waals surface area contributed by atoms with E-state index in [-0.39, 0.29) is 11.2 Å². The summed E-state index contributed by atoms with van der Waals surface area (Å²) in [7, 11) is 0. The van der Waals surface area contributed by atoms with Crippen LogP contribution in [-0.4, -0.2) is 11.5 Å². The van der Waals surface area contributed by atoms with Crippen molar-refractivity contribution >= 4 is 16.6 Å². The summed E-state index contributed by atoms with van der Waals surface area (Å²) in [4.78, 5) is 3.84. The zero-order chi connectivity index (χ0) is 14.0. The van der Waals surface area contributed by atoms with Crippen molar-refractivity contribution in [3.05, 3.63) is 35.3 Å². The van der Waals surface area contributed by atoms with Crippen LogP contribution in [0.15, 0.2) is 18.2 Å². The Hall–Kier alpha value is -1.78. The molecule has 2 aromatic rings. The van der Waals surface area contributed by atoms with Gasteiger partial charge in [-0.2, -0.15) is 0 Å². The third-order valence-electron chi connectivity index (χ3n) is 2.88. The van der Waals surface area contributed by atoms with E-state index in [1.807, 2.05) is 6.92 Å². The summed E-state index contributed by atoms with van der Waals surface area (Å²) >= 11 is 0. The lowest BCUT2D eigenvalue weighted by molar-refractivity contribution is 0.146. The number of aromatic nitrogens is 1. The molecule has 1 aromatic carbocycles. The highest BCUT2D eigenvalue weighted by Crippen LogP contribution is 2.30. The number of anilines is 1. The predicted molar refractivity (Wildman–Crippen MR) is 70.2 cm³/mol. The normalized spacial score (nSPS) is 11.3. The van der Waals surface area contributed by atoms with Gasteiger partial charge in [0.25, 0.3) is 6.43 Å². The fourth-order valence-electron chi connectivity index (χ4n) is 2.07. The Balaban J connectivity index is 2.67. The smallest absolute Gasteiger partial charge is 0.280 e. The number of halogens is 3. The van der Waals surface area contributed by atoms with E-state index >= 15 is 0 Å². The third kappa shape index (κ3) is 2.80. The topological polar surface area (TPSA) is 24.9 Å². The Labute approximate surface area is 109 Å². The minimum Gasteiger partial charge on any atom is -0.384 e. The lowest BCUT2D eigenvalue weighted by atomic mass is 10.1. The van der Waals surface area contributed by atoms with Crippen molar-refractivity contribution in [1.82, 2.24) is 4.98 Å². The number of aryl methyl sites for hydroxylation is 1. The molecule has 0 atom stereocenters. The molecule has 2 rings (SSSR count). The van der Waals surface area contributed by atoms with E-state index in [2.05, 4.69) is 10.3 Å². The highest BCUT2D eigenvalue weighted by molar-refractivity contribution is 5.94. The lowest BCUT2D eigenvalue weighted by Gasteiger charge is -2.13. The number of alkyl halides is 2. The van der Waals surface area contributed by atoms with Gasteiger partial charge in [-0.3, -0.25) is 0 Å². The molecule has 19 heavy (non-hydrogen) atoms. The summed E-state index contributed by atoms with van der Waals surface area (Å²) in [5.74, 6) is -0.467. The van der Waals surface area contributed by atoms with Crippen molar-refractivity contribution in [3.63, 3.8) is 0 Å². The van der Waals surface area contributed by atoms with Gasteiger partial charge in [0.2, 0.25) is 0 Å². The molecule has 0 spiro atoms. The average Bonchev–Trinajstić information content (AvgIpc) is 2.34. The number of nitrogens with one attached hydrogen (secondary N) is 1. The van der Waals surface area contributed by atoms with E-state index in [0.29, 0.717) is 23.2 Å². The number of hydrogen-bond acceptors (Lipinski definition) is 2. The first-order chi connectivity index (χ1) is 9.02. The average molecular weight is 268 g/mol.